The standard InChI is InChI=1S/C36H75N5/c1-9-31(3)27-35(7)29-33(5)15-11-13-17-37-19-21-39-23-25-41-26-24-40-22-20-38-18-14-12-16-34(6)30-36(8)28-32(4)10-2/h17-18,31-36,39-41H,9-16,19-30H2,1-8H3. The van der Waals surface area contributed by atoms with Crippen molar-refractivity contribution in [1.82, 2.24) is 16.0 Å². The molecule has 0 saturated carbocycles. The Morgan fingerprint density at radius 1 is 0.463 bits per heavy atom. The minimum atomic E-state index is 0.840. The van der Waals surface area contributed by atoms with Crippen molar-refractivity contribution in [2.75, 3.05) is 52.4 Å². The molecule has 41 heavy (non-hydrogen) atoms. The summed E-state index contributed by atoms with van der Waals surface area (Å²) in [4.78, 5) is 9.16. The van der Waals surface area contributed by atoms with E-state index in [0.29, 0.717) is 0 Å². The van der Waals surface area contributed by atoms with Crippen molar-refractivity contribution in [2.24, 2.45) is 45.5 Å². The van der Waals surface area contributed by atoms with Crippen LogP contribution in [0.1, 0.15) is 132 Å². The highest BCUT2D eigenvalue weighted by atomic mass is 15.0. The molecule has 0 amide bonds. The van der Waals surface area contributed by atoms with Crippen molar-refractivity contribution >= 4 is 12.4 Å². The van der Waals surface area contributed by atoms with Gasteiger partial charge in [0, 0.05) is 39.3 Å². The van der Waals surface area contributed by atoms with Gasteiger partial charge in [-0.15, -0.1) is 0 Å². The first-order valence-corrected chi connectivity index (χ1v) is 17.9. The molecular formula is C36H75N5. The number of nitrogens with one attached hydrogen (secondary N) is 3. The Balaban J connectivity index is 3.41. The Hall–Kier alpha value is -0.780. The van der Waals surface area contributed by atoms with Crippen LogP contribution < -0.4 is 16.0 Å². The first-order chi connectivity index (χ1) is 19.8. The molecule has 0 aromatic heterocycles. The van der Waals surface area contributed by atoms with E-state index in [9.17, 15) is 0 Å². The number of aliphatic imine (C=N–C) groups is 2. The smallest absolute Gasteiger partial charge is 0.0510 e. The number of unbranched alkanes of at least 4 members (excludes halogenated alkanes) is 2. The fourth-order valence-electron chi connectivity index (χ4n) is 6.01. The van der Waals surface area contributed by atoms with E-state index < -0.39 is 0 Å². The van der Waals surface area contributed by atoms with E-state index in [1.807, 2.05) is 0 Å². The SMILES string of the molecule is CCC(C)CC(C)CC(C)CCCC=NCCNCCNCCNCCN=CCCCC(C)CC(C)CC(C)CC. The van der Waals surface area contributed by atoms with E-state index in [0.717, 1.165) is 101 Å². The third kappa shape index (κ3) is 29.1. The summed E-state index contributed by atoms with van der Waals surface area (Å²) in [6, 6.07) is 0. The largest absolute Gasteiger partial charge is 0.314 e. The topological polar surface area (TPSA) is 60.8 Å². The Morgan fingerprint density at radius 3 is 1.17 bits per heavy atom. The maximum Gasteiger partial charge on any atom is 0.0510 e. The molecule has 3 N–H and O–H groups in total. The zero-order valence-electron chi connectivity index (χ0n) is 29.2. The van der Waals surface area contributed by atoms with E-state index in [4.69, 9.17) is 0 Å². The number of nitrogens with zero attached hydrogens (tertiary/aromatic N) is 2. The van der Waals surface area contributed by atoms with Gasteiger partial charge in [0.2, 0.25) is 0 Å². The van der Waals surface area contributed by atoms with Crippen LogP contribution in [0.15, 0.2) is 9.98 Å². The number of hydrogen-bond acceptors (Lipinski definition) is 5. The van der Waals surface area contributed by atoms with Crippen LogP contribution in [-0.4, -0.2) is 64.8 Å². The van der Waals surface area contributed by atoms with Crippen LogP contribution in [0.5, 0.6) is 0 Å². The Bertz CT molecular complexity index is 543. The summed E-state index contributed by atoms with van der Waals surface area (Å²) in [5.74, 6) is 5.15. The van der Waals surface area contributed by atoms with Gasteiger partial charge in [-0.05, 0) is 99.3 Å². The maximum atomic E-state index is 4.58. The van der Waals surface area contributed by atoms with Crippen molar-refractivity contribution in [1.29, 1.82) is 0 Å². The highest BCUT2D eigenvalue weighted by Gasteiger charge is 2.12. The van der Waals surface area contributed by atoms with Crippen LogP contribution in [0.25, 0.3) is 0 Å². The van der Waals surface area contributed by atoms with Crippen molar-refractivity contribution in [3.05, 3.63) is 0 Å². The van der Waals surface area contributed by atoms with Crippen LogP contribution in [0.4, 0.5) is 0 Å². The second-order valence-electron chi connectivity index (χ2n) is 13.7. The Kier molecular flexibility index (Phi) is 28.7. The molecule has 6 unspecified atom stereocenters. The predicted octanol–water partition coefficient (Wildman–Crippen LogP) is 8.43. The second kappa shape index (κ2) is 29.3. The summed E-state index contributed by atoms with van der Waals surface area (Å²) >= 11 is 0. The Labute approximate surface area is 258 Å². The summed E-state index contributed by atoms with van der Waals surface area (Å²) in [7, 11) is 0. The predicted molar refractivity (Wildman–Crippen MR) is 187 cm³/mol. The van der Waals surface area contributed by atoms with E-state index >= 15 is 0 Å². The molecule has 5 nitrogen and oxygen atoms in total. The molecule has 0 spiro atoms. The van der Waals surface area contributed by atoms with Crippen LogP contribution >= 0.6 is 0 Å². The highest BCUT2D eigenvalue weighted by molar-refractivity contribution is 5.57. The molecular weight excluding hydrogens is 502 g/mol. The van der Waals surface area contributed by atoms with Gasteiger partial charge < -0.3 is 16.0 Å². The second-order valence-corrected chi connectivity index (χ2v) is 13.7. The van der Waals surface area contributed by atoms with Gasteiger partial charge in [-0.25, -0.2) is 0 Å². The van der Waals surface area contributed by atoms with E-state index in [1.54, 1.807) is 0 Å². The fraction of sp³-hybridized carbons (Fsp3) is 0.944. The minimum absolute atomic E-state index is 0.840. The molecule has 0 rings (SSSR count). The third-order valence-electron chi connectivity index (χ3n) is 8.72. The lowest BCUT2D eigenvalue weighted by atomic mass is 9.87. The van der Waals surface area contributed by atoms with Gasteiger partial charge in [-0.1, -0.05) is 81.1 Å². The first-order valence-electron chi connectivity index (χ1n) is 17.9. The molecule has 0 saturated heterocycles. The maximum absolute atomic E-state index is 4.58. The van der Waals surface area contributed by atoms with E-state index in [1.165, 1.54) is 64.2 Å². The normalized spacial score (nSPS) is 16.8. The van der Waals surface area contributed by atoms with Crippen LogP contribution in [-0.2, 0) is 0 Å². The molecule has 0 radical (unpaired) electrons. The van der Waals surface area contributed by atoms with Crippen molar-refractivity contribution in [2.45, 2.75) is 132 Å². The van der Waals surface area contributed by atoms with Crippen LogP contribution in [0.3, 0.4) is 0 Å². The third-order valence-corrected chi connectivity index (χ3v) is 8.72. The molecule has 0 aliphatic carbocycles. The molecule has 0 aromatic rings. The molecule has 244 valence electrons. The summed E-state index contributed by atoms with van der Waals surface area (Å²) in [6.07, 6.45) is 19.9. The monoisotopic (exact) mass is 578 g/mol. The molecule has 0 aliphatic heterocycles. The van der Waals surface area contributed by atoms with Gasteiger partial charge in [0.25, 0.3) is 0 Å². The summed E-state index contributed by atoms with van der Waals surface area (Å²) < 4.78 is 0. The zero-order valence-corrected chi connectivity index (χ0v) is 29.2. The van der Waals surface area contributed by atoms with E-state index in [-0.39, 0.29) is 0 Å². The summed E-state index contributed by atoms with van der Waals surface area (Å²) in [6.45, 7) is 26.8. The number of hydrogen-bond donors (Lipinski definition) is 3. The van der Waals surface area contributed by atoms with Gasteiger partial charge in [-0.2, -0.15) is 0 Å². The van der Waals surface area contributed by atoms with Crippen LogP contribution in [0.2, 0.25) is 0 Å². The van der Waals surface area contributed by atoms with Gasteiger partial charge in [-0.3, -0.25) is 9.98 Å². The van der Waals surface area contributed by atoms with Crippen molar-refractivity contribution in [3.8, 4) is 0 Å². The molecule has 0 aliphatic rings. The van der Waals surface area contributed by atoms with Crippen molar-refractivity contribution < 1.29 is 0 Å². The van der Waals surface area contributed by atoms with Gasteiger partial charge in [0.1, 0.15) is 0 Å². The van der Waals surface area contributed by atoms with Gasteiger partial charge in [0.15, 0.2) is 0 Å². The first kappa shape index (κ1) is 40.2. The zero-order chi connectivity index (χ0) is 30.6. The molecule has 5 heteroatoms. The molecule has 6 atom stereocenters. The van der Waals surface area contributed by atoms with Gasteiger partial charge in [0.05, 0.1) is 13.1 Å². The summed E-state index contributed by atoms with van der Waals surface area (Å²) in [5, 5.41) is 10.5. The van der Waals surface area contributed by atoms with E-state index in [2.05, 4.69) is 93.8 Å². The lowest BCUT2D eigenvalue weighted by Crippen LogP contribution is -2.34. The minimum Gasteiger partial charge on any atom is -0.314 e. The quantitative estimate of drug-likeness (QED) is 0.0593. The fourth-order valence-corrected chi connectivity index (χ4v) is 6.01. The lowest BCUT2D eigenvalue weighted by Gasteiger charge is -2.19. The van der Waals surface area contributed by atoms with Gasteiger partial charge >= 0.3 is 0 Å². The van der Waals surface area contributed by atoms with Crippen LogP contribution in [0, 0.1) is 35.5 Å². The molecule has 0 bridgehead atoms. The molecule has 0 fully saturated rings. The average Bonchev–Trinajstić information content (AvgIpc) is 2.93. The molecule has 0 aromatic carbocycles. The highest BCUT2D eigenvalue weighted by Crippen LogP contribution is 2.25. The Morgan fingerprint density at radius 2 is 0.805 bits per heavy atom. The number of rotatable bonds is 30. The lowest BCUT2D eigenvalue weighted by molar-refractivity contribution is 0.327. The van der Waals surface area contributed by atoms with Crippen molar-refractivity contribution in [3.63, 3.8) is 0 Å². The average molecular weight is 578 g/mol. The molecule has 0 heterocycles. The summed E-state index contributed by atoms with van der Waals surface area (Å²) in [5.41, 5.74) is 0.